The zero-order chi connectivity index (χ0) is 23.3. The van der Waals surface area contributed by atoms with E-state index in [4.69, 9.17) is 45.2 Å². The fraction of sp³-hybridized carbons (Fsp3) is 0.235. The highest BCUT2D eigenvalue weighted by Crippen LogP contribution is 2.29. The van der Waals surface area contributed by atoms with Crippen LogP contribution in [-0.4, -0.2) is 38.0 Å². The number of aryl methyl sites for hydroxylation is 1. The van der Waals surface area contributed by atoms with Gasteiger partial charge in [-0.1, -0.05) is 23.2 Å². The number of anilines is 1. The van der Waals surface area contributed by atoms with Crippen molar-refractivity contribution in [2.45, 2.75) is 23.3 Å². The van der Waals surface area contributed by atoms with Crippen molar-refractivity contribution in [1.82, 2.24) is 9.88 Å². The number of pyridine rings is 1. The molecule has 0 bridgehead atoms. The Morgan fingerprint density at radius 2 is 1.90 bits per heavy atom. The maximum Gasteiger partial charge on any atom is 0.272 e. The Hall–Kier alpha value is -2.96. The van der Waals surface area contributed by atoms with Gasteiger partial charge in [0.2, 0.25) is 21.7 Å². The lowest BCUT2D eigenvalue weighted by atomic mass is 10.3. The summed E-state index contributed by atoms with van der Waals surface area (Å²) in [5.74, 6) is -0.841. The van der Waals surface area contributed by atoms with Crippen LogP contribution in [0.4, 0.5) is 5.69 Å². The van der Waals surface area contributed by atoms with Gasteiger partial charge in [0.05, 0.1) is 27.2 Å². The standard InChI is InChI=1S/C17H20Cl2N6O5S/c1-9-6-13(20)15(31(28,29)10-2-3-11(18)12(19)7-10)16(27)25(9)8-14(26)23-4-5-30-24-17(21)22/h2-3,6-7H,4-5,8,20H2,1H3,(H,23,26)(H4,21,22,24). The summed E-state index contributed by atoms with van der Waals surface area (Å²) in [5, 5.41) is 5.92. The van der Waals surface area contributed by atoms with Crippen molar-refractivity contribution < 1.29 is 18.0 Å². The average molecular weight is 491 g/mol. The van der Waals surface area contributed by atoms with Gasteiger partial charge in [-0.05, 0) is 36.3 Å². The van der Waals surface area contributed by atoms with Crippen molar-refractivity contribution in [2.75, 3.05) is 18.9 Å². The Morgan fingerprint density at radius 3 is 2.52 bits per heavy atom. The van der Waals surface area contributed by atoms with Crippen molar-refractivity contribution in [3.63, 3.8) is 0 Å². The number of rotatable bonds is 8. The summed E-state index contributed by atoms with van der Waals surface area (Å²) in [5.41, 5.74) is 15.1. The lowest BCUT2D eigenvalue weighted by Crippen LogP contribution is -2.37. The van der Waals surface area contributed by atoms with Gasteiger partial charge >= 0.3 is 0 Å². The molecule has 0 atom stereocenters. The normalized spacial score (nSPS) is 11.1. The molecule has 14 heteroatoms. The Kier molecular flexibility index (Phi) is 7.76. The molecule has 0 radical (unpaired) electrons. The van der Waals surface area contributed by atoms with E-state index in [-0.39, 0.29) is 39.7 Å². The molecule has 31 heavy (non-hydrogen) atoms. The number of benzene rings is 1. The number of nitrogens with zero attached hydrogens (tertiary/aromatic N) is 2. The third-order valence-electron chi connectivity index (χ3n) is 3.95. The van der Waals surface area contributed by atoms with Gasteiger partial charge in [0.25, 0.3) is 5.56 Å². The van der Waals surface area contributed by atoms with Crippen molar-refractivity contribution in [1.29, 1.82) is 0 Å². The Morgan fingerprint density at radius 1 is 1.23 bits per heavy atom. The van der Waals surface area contributed by atoms with E-state index in [2.05, 4.69) is 10.5 Å². The molecule has 1 aromatic carbocycles. The van der Waals surface area contributed by atoms with Crippen molar-refractivity contribution in [3.05, 3.63) is 50.4 Å². The van der Waals surface area contributed by atoms with Crippen LogP contribution in [0.3, 0.4) is 0 Å². The van der Waals surface area contributed by atoms with E-state index < -0.39 is 32.7 Å². The quantitative estimate of drug-likeness (QED) is 0.175. The number of sulfone groups is 1. The van der Waals surface area contributed by atoms with Crippen LogP contribution in [0.2, 0.25) is 10.0 Å². The second-order valence-electron chi connectivity index (χ2n) is 6.24. The number of halogens is 2. The highest BCUT2D eigenvalue weighted by molar-refractivity contribution is 7.91. The Balaban J connectivity index is 2.33. The molecule has 1 heterocycles. The number of hydrogen-bond acceptors (Lipinski definition) is 7. The number of nitrogen functional groups attached to an aromatic ring is 1. The molecule has 0 spiro atoms. The van der Waals surface area contributed by atoms with Crippen LogP contribution in [0, 0.1) is 6.92 Å². The molecule has 7 N–H and O–H groups in total. The number of oxime groups is 1. The third-order valence-corrected chi connectivity index (χ3v) is 6.51. The van der Waals surface area contributed by atoms with Gasteiger partial charge in [0.1, 0.15) is 13.2 Å². The van der Waals surface area contributed by atoms with Gasteiger partial charge in [-0.3, -0.25) is 9.59 Å². The van der Waals surface area contributed by atoms with Crippen LogP contribution < -0.4 is 28.1 Å². The summed E-state index contributed by atoms with van der Waals surface area (Å²) in [7, 11) is -4.34. The van der Waals surface area contributed by atoms with E-state index in [1.54, 1.807) is 0 Å². The largest absolute Gasteiger partial charge is 0.397 e. The zero-order valence-electron chi connectivity index (χ0n) is 16.3. The minimum atomic E-state index is -4.34. The molecule has 0 aliphatic heterocycles. The Labute approximate surface area is 187 Å². The molecule has 11 nitrogen and oxygen atoms in total. The lowest BCUT2D eigenvalue weighted by molar-refractivity contribution is -0.122. The third kappa shape index (κ3) is 5.81. The molecule has 0 fully saturated rings. The second-order valence-corrected chi connectivity index (χ2v) is 8.94. The van der Waals surface area contributed by atoms with Gasteiger partial charge in [-0.2, -0.15) is 0 Å². The predicted molar refractivity (Wildman–Crippen MR) is 117 cm³/mol. The number of aromatic nitrogens is 1. The van der Waals surface area contributed by atoms with Crippen molar-refractivity contribution in [2.24, 2.45) is 16.6 Å². The van der Waals surface area contributed by atoms with E-state index in [0.29, 0.717) is 5.69 Å². The fourth-order valence-electron chi connectivity index (χ4n) is 2.56. The van der Waals surface area contributed by atoms with Crippen LogP contribution >= 0.6 is 23.2 Å². The first-order valence-corrected chi connectivity index (χ1v) is 10.9. The van der Waals surface area contributed by atoms with E-state index in [1.807, 2.05) is 0 Å². The zero-order valence-corrected chi connectivity index (χ0v) is 18.6. The summed E-state index contributed by atoms with van der Waals surface area (Å²) in [4.78, 5) is 29.0. The molecular formula is C17H20Cl2N6O5S. The van der Waals surface area contributed by atoms with Crippen molar-refractivity contribution in [3.8, 4) is 0 Å². The first kappa shape index (κ1) is 24.3. The molecule has 0 aliphatic carbocycles. The Bertz CT molecular complexity index is 1190. The maximum absolute atomic E-state index is 13.0. The van der Waals surface area contributed by atoms with Gasteiger partial charge in [-0.15, -0.1) is 0 Å². The van der Waals surface area contributed by atoms with E-state index in [1.165, 1.54) is 25.1 Å². The van der Waals surface area contributed by atoms with Crippen LogP contribution in [0.25, 0.3) is 0 Å². The lowest BCUT2D eigenvalue weighted by Gasteiger charge is -2.15. The highest BCUT2D eigenvalue weighted by Gasteiger charge is 2.27. The average Bonchev–Trinajstić information content (AvgIpc) is 2.66. The molecule has 1 amide bonds. The van der Waals surface area contributed by atoms with Gasteiger partial charge in [-0.25, -0.2) is 8.42 Å². The van der Waals surface area contributed by atoms with Crippen LogP contribution in [0.5, 0.6) is 0 Å². The number of carbonyl (C=O) groups excluding carboxylic acids is 1. The molecule has 168 valence electrons. The van der Waals surface area contributed by atoms with E-state index in [9.17, 15) is 18.0 Å². The number of amides is 1. The summed E-state index contributed by atoms with van der Waals surface area (Å²) >= 11 is 11.7. The van der Waals surface area contributed by atoms with Crippen molar-refractivity contribution >= 4 is 50.6 Å². The van der Waals surface area contributed by atoms with Crippen LogP contribution in [0.15, 0.2) is 44.0 Å². The molecule has 2 aromatic rings. The molecular weight excluding hydrogens is 471 g/mol. The first-order valence-electron chi connectivity index (χ1n) is 8.62. The van der Waals surface area contributed by atoms with Crippen LogP contribution in [-0.2, 0) is 26.0 Å². The molecule has 0 aliphatic rings. The smallest absolute Gasteiger partial charge is 0.272 e. The summed E-state index contributed by atoms with van der Waals surface area (Å²) in [6.45, 7) is 1.10. The van der Waals surface area contributed by atoms with E-state index >= 15 is 0 Å². The number of guanidine groups is 1. The predicted octanol–water partition coefficient (Wildman–Crippen LogP) is 0.200. The van der Waals surface area contributed by atoms with Crippen LogP contribution in [0.1, 0.15) is 5.69 Å². The molecule has 0 unspecified atom stereocenters. The monoisotopic (exact) mass is 490 g/mol. The number of hydrogen-bond donors (Lipinski definition) is 4. The van der Waals surface area contributed by atoms with Gasteiger partial charge < -0.3 is 31.9 Å². The molecule has 0 saturated carbocycles. The summed E-state index contributed by atoms with van der Waals surface area (Å²) in [6.07, 6.45) is 0. The molecule has 2 rings (SSSR count). The summed E-state index contributed by atoms with van der Waals surface area (Å²) < 4.78 is 27.1. The minimum Gasteiger partial charge on any atom is -0.397 e. The first-order chi connectivity index (χ1) is 14.4. The SMILES string of the molecule is Cc1cc(N)c(S(=O)(=O)c2ccc(Cl)c(Cl)c2)c(=O)n1CC(=O)NCCON=C(N)N. The second kappa shape index (κ2) is 9.90. The maximum atomic E-state index is 13.0. The minimum absolute atomic E-state index is 0.00364. The number of carbonyl (C=O) groups is 1. The molecule has 0 saturated heterocycles. The van der Waals surface area contributed by atoms with Gasteiger partial charge in [0, 0.05) is 5.69 Å². The topological polar surface area (TPSA) is 185 Å². The van der Waals surface area contributed by atoms with E-state index in [0.717, 1.165) is 10.6 Å². The number of nitrogens with two attached hydrogens (primary N) is 3. The fourth-order valence-corrected chi connectivity index (χ4v) is 4.39. The summed E-state index contributed by atoms with van der Waals surface area (Å²) in [6, 6.07) is 4.90. The molecule has 1 aromatic heterocycles. The van der Waals surface area contributed by atoms with Gasteiger partial charge in [0.15, 0.2) is 4.90 Å². The highest BCUT2D eigenvalue weighted by atomic mass is 35.5. The number of nitrogens with one attached hydrogen (secondary N) is 1.